The fourth-order valence-corrected chi connectivity index (χ4v) is 2.36. The predicted octanol–water partition coefficient (Wildman–Crippen LogP) is 5.54. The standard InChI is InChI=1S/C17H37N/c1-5-6-7-11-14-17(4)18-15-12-9-8-10-13-16(2)3/h16-18H,5-15H2,1-4H3. The molecule has 0 spiro atoms. The molecule has 0 fully saturated rings. The van der Waals surface area contributed by atoms with Gasteiger partial charge in [0.2, 0.25) is 0 Å². The van der Waals surface area contributed by atoms with Crippen molar-refractivity contribution in [2.75, 3.05) is 6.54 Å². The summed E-state index contributed by atoms with van der Waals surface area (Å²) in [5, 5.41) is 3.66. The largest absolute Gasteiger partial charge is 0.314 e. The quantitative estimate of drug-likeness (QED) is 0.426. The molecule has 0 aliphatic heterocycles. The maximum atomic E-state index is 3.66. The topological polar surface area (TPSA) is 12.0 Å². The molecular weight excluding hydrogens is 218 g/mol. The van der Waals surface area contributed by atoms with Gasteiger partial charge >= 0.3 is 0 Å². The molecule has 0 rings (SSSR count). The van der Waals surface area contributed by atoms with Gasteiger partial charge in [0, 0.05) is 6.04 Å². The molecule has 0 aromatic heterocycles. The van der Waals surface area contributed by atoms with Gasteiger partial charge in [0.25, 0.3) is 0 Å². The number of rotatable bonds is 13. The average Bonchev–Trinajstić information content (AvgIpc) is 2.33. The van der Waals surface area contributed by atoms with Gasteiger partial charge in [-0.05, 0) is 32.2 Å². The second kappa shape index (κ2) is 13.4. The minimum absolute atomic E-state index is 0.720. The van der Waals surface area contributed by atoms with Crippen LogP contribution in [0.25, 0.3) is 0 Å². The SMILES string of the molecule is CCCCCCC(C)NCCCCCCC(C)C. The third-order valence-corrected chi connectivity index (χ3v) is 3.69. The van der Waals surface area contributed by atoms with Crippen LogP contribution in [0, 0.1) is 5.92 Å². The third kappa shape index (κ3) is 14.0. The van der Waals surface area contributed by atoms with Gasteiger partial charge in [0.05, 0.1) is 0 Å². The average molecular weight is 255 g/mol. The molecule has 18 heavy (non-hydrogen) atoms. The first-order valence-corrected chi connectivity index (χ1v) is 8.40. The Balaban J connectivity index is 3.12. The molecule has 1 nitrogen and oxygen atoms in total. The number of nitrogens with one attached hydrogen (secondary N) is 1. The Hall–Kier alpha value is -0.0400. The van der Waals surface area contributed by atoms with Crippen LogP contribution in [0.15, 0.2) is 0 Å². The summed E-state index contributed by atoms with van der Waals surface area (Å²) in [6.45, 7) is 10.5. The second-order valence-electron chi connectivity index (χ2n) is 6.30. The van der Waals surface area contributed by atoms with Crippen molar-refractivity contribution in [2.24, 2.45) is 5.92 Å². The highest BCUT2D eigenvalue weighted by molar-refractivity contribution is 4.61. The van der Waals surface area contributed by atoms with Crippen LogP contribution in [0.2, 0.25) is 0 Å². The lowest BCUT2D eigenvalue weighted by molar-refractivity contribution is 0.463. The van der Waals surface area contributed by atoms with E-state index in [4.69, 9.17) is 0 Å². The van der Waals surface area contributed by atoms with E-state index in [1.54, 1.807) is 0 Å². The van der Waals surface area contributed by atoms with Crippen LogP contribution in [-0.4, -0.2) is 12.6 Å². The smallest absolute Gasteiger partial charge is 0.00387 e. The molecule has 0 aliphatic carbocycles. The summed E-state index contributed by atoms with van der Waals surface area (Å²) in [5.74, 6) is 0.881. The van der Waals surface area contributed by atoms with E-state index in [1.165, 1.54) is 70.8 Å². The molecule has 0 amide bonds. The number of hydrogen-bond acceptors (Lipinski definition) is 1. The molecule has 0 aromatic rings. The van der Waals surface area contributed by atoms with Crippen molar-refractivity contribution in [1.82, 2.24) is 5.32 Å². The van der Waals surface area contributed by atoms with Gasteiger partial charge in [-0.15, -0.1) is 0 Å². The normalized spacial score (nSPS) is 13.2. The zero-order valence-electron chi connectivity index (χ0n) is 13.4. The van der Waals surface area contributed by atoms with Crippen molar-refractivity contribution >= 4 is 0 Å². The van der Waals surface area contributed by atoms with Gasteiger partial charge < -0.3 is 5.32 Å². The fourth-order valence-electron chi connectivity index (χ4n) is 2.36. The monoisotopic (exact) mass is 255 g/mol. The first-order valence-electron chi connectivity index (χ1n) is 8.40. The van der Waals surface area contributed by atoms with Crippen molar-refractivity contribution in [2.45, 2.75) is 97.9 Å². The molecule has 0 radical (unpaired) electrons. The second-order valence-corrected chi connectivity index (χ2v) is 6.30. The highest BCUT2D eigenvalue weighted by Gasteiger charge is 2.00. The van der Waals surface area contributed by atoms with Gasteiger partial charge in [0.1, 0.15) is 0 Å². The molecular formula is C17H37N. The minimum atomic E-state index is 0.720. The van der Waals surface area contributed by atoms with Gasteiger partial charge in [0.15, 0.2) is 0 Å². The van der Waals surface area contributed by atoms with Gasteiger partial charge in [-0.3, -0.25) is 0 Å². The molecule has 1 unspecified atom stereocenters. The van der Waals surface area contributed by atoms with E-state index in [-0.39, 0.29) is 0 Å². The predicted molar refractivity (Wildman–Crippen MR) is 84.1 cm³/mol. The zero-order chi connectivity index (χ0) is 13.6. The Bertz CT molecular complexity index is 154. The molecule has 0 aliphatic rings. The van der Waals surface area contributed by atoms with Crippen LogP contribution in [0.5, 0.6) is 0 Å². The summed E-state index contributed by atoms with van der Waals surface area (Å²) >= 11 is 0. The van der Waals surface area contributed by atoms with Gasteiger partial charge in [-0.25, -0.2) is 0 Å². The summed E-state index contributed by atoms with van der Waals surface area (Å²) in [4.78, 5) is 0. The molecule has 0 bridgehead atoms. The Morgan fingerprint density at radius 1 is 0.722 bits per heavy atom. The van der Waals surface area contributed by atoms with Crippen LogP contribution in [0.3, 0.4) is 0 Å². The van der Waals surface area contributed by atoms with Crippen molar-refractivity contribution in [3.63, 3.8) is 0 Å². The molecule has 110 valence electrons. The maximum Gasteiger partial charge on any atom is 0.00387 e. The molecule has 0 aromatic carbocycles. The van der Waals surface area contributed by atoms with E-state index in [0.29, 0.717) is 0 Å². The van der Waals surface area contributed by atoms with Gasteiger partial charge in [-0.1, -0.05) is 72.1 Å². The minimum Gasteiger partial charge on any atom is -0.314 e. The Labute approximate surface area is 116 Å². The molecule has 1 atom stereocenters. The lowest BCUT2D eigenvalue weighted by atomic mass is 10.0. The molecule has 1 heteroatoms. The third-order valence-electron chi connectivity index (χ3n) is 3.69. The lowest BCUT2D eigenvalue weighted by Crippen LogP contribution is -2.26. The van der Waals surface area contributed by atoms with Crippen molar-refractivity contribution in [3.05, 3.63) is 0 Å². The molecule has 0 saturated carbocycles. The van der Waals surface area contributed by atoms with E-state index in [2.05, 4.69) is 33.0 Å². The van der Waals surface area contributed by atoms with Crippen molar-refractivity contribution in [3.8, 4) is 0 Å². The van der Waals surface area contributed by atoms with Crippen LogP contribution in [0.4, 0.5) is 0 Å². The van der Waals surface area contributed by atoms with E-state index < -0.39 is 0 Å². The van der Waals surface area contributed by atoms with Crippen LogP contribution >= 0.6 is 0 Å². The van der Waals surface area contributed by atoms with E-state index in [1.807, 2.05) is 0 Å². The van der Waals surface area contributed by atoms with Crippen molar-refractivity contribution < 1.29 is 0 Å². The summed E-state index contributed by atoms with van der Waals surface area (Å²) < 4.78 is 0. The summed E-state index contributed by atoms with van der Waals surface area (Å²) in [7, 11) is 0. The van der Waals surface area contributed by atoms with Gasteiger partial charge in [-0.2, -0.15) is 0 Å². The Morgan fingerprint density at radius 3 is 2.00 bits per heavy atom. The Kier molecular flexibility index (Phi) is 13.4. The Morgan fingerprint density at radius 2 is 1.33 bits per heavy atom. The van der Waals surface area contributed by atoms with E-state index in [9.17, 15) is 0 Å². The zero-order valence-corrected chi connectivity index (χ0v) is 13.4. The summed E-state index contributed by atoms with van der Waals surface area (Å²) in [6, 6.07) is 0.720. The first kappa shape index (κ1) is 18.0. The number of hydrogen-bond donors (Lipinski definition) is 1. The van der Waals surface area contributed by atoms with Crippen LogP contribution in [0.1, 0.15) is 91.9 Å². The van der Waals surface area contributed by atoms with Crippen LogP contribution < -0.4 is 5.32 Å². The summed E-state index contributed by atoms with van der Waals surface area (Å²) in [5.41, 5.74) is 0. The maximum absolute atomic E-state index is 3.66. The van der Waals surface area contributed by atoms with Crippen LogP contribution in [-0.2, 0) is 0 Å². The molecule has 0 heterocycles. The first-order chi connectivity index (χ1) is 8.66. The van der Waals surface area contributed by atoms with E-state index >= 15 is 0 Å². The van der Waals surface area contributed by atoms with E-state index in [0.717, 1.165) is 12.0 Å². The highest BCUT2D eigenvalue weighted by Crippen LogP contribution is 2.09. The molecule has 1 N–H and O–H groups in total. The number of unbranched alkanes of at least 4 members (excludes halogenated alkanes) is 6. The van der Waals surface area contributed by atoms with Crippen molar-refractivity contribution in [1.29, 1.82) is 0 Å². The fraction of sp³-hybridized carbons (Fsp3) is 1.00. The molecule has 0 saturated heterocycles. The lowest BCUT2D eigenvalue weighted by Gasteiger charge is -2.13. The highest BCUT2D eigenvalue weighted by atomic mass is 14.9. The summed E-state index contributed by atoms with van der Waals surface area (Å²) in [6.07, 6.45) is 13.9.